The molecule has 0 aliphatic carbocycles. The molecule has 0 spiro atoms. The lowest BCUT2D eigenvalue weighted by Gasteiger charge is -2.33. The normalized spacial score (nSPS) is 13.0. The van der Waals surface area contributed by atoms with Crippen molar-refractivity contribution >= 4 is 17.1 Å². The molecule has 0 amide bonds. The minimum atomic E-state index is -3.31. The molecule has 0 unspecified atom stereocenters. The lowest BCUT2D eigenvalue weighted by Crippen LogP contribution is -2.58. The highest BCUT2D eigenvalue weighted by atomic mass is 32.1. The van der Waals surface area contributed by atoms with Gasteiger partial charge >= 0.3 is 0 Å². The molecule has 1 aromatic rings. The van der Waals surface area contributed by atoms with Gasteiger partial charge in [0.1, 0.15) is 11.5 Å². The van der Waals surface area contributed by atoms with Crippen LogP contribution in [0.2, 0.25) is 0 Å². The molecule has 0 radical (unpaired) electrons. The fraction of sp³-hybridized carbons (Fsp3) is 0.533. The van der Waals surface area contributed by atoms with E-state index >= 15 is 0 Å². The molecular weight excluding hydrogens is 322 g/mol. The summed E-state index contributed by atoms with van der Waals surface area (Å²) in [5.74, 6) is -6.31. The molecule has 0 aliphatic heterocycles. The predicted molar refractivity (Wildman–Crippen MR) is 88.2 cm³/mol. The van der Waals surface area contributed by atoms with Crippen molar-refractivity contribution in [3.63, 3.8) is 0 Å². The molecule has 0 atom stereocenters. The van der Waals surface area contributed by atoms with E-state index in [0.29, 0.717) is 10.4 Å². The smallest absolute Gasteiger partial charge is 0.281 e. The number of hydrogen-bond donors (Lipinski definition) is 5. The van der Waals surface area contributed by atoms with Crippen LogP contribution in [0.1, 0.15) is 31.9 Å². The Hall–Kier alpha value is -1.29. The third-order valence-corrected chi connectivity index (χ3v) is 4.17. The van der Waals surface area contributed by atoms with Crippen molar-refractivity contribution in [3.8, 4) is 11.5 Å². The van der Waals surface area contributed by atoms with Crippen LogP contribution in [0.15, 0.2) is 12.1 Å². The summed E-state index contributed by atoms with van der Waals surface area (Å²) < 4.78 is 10.4. The van der Waals surface area contributed by atoms with Crippen LogP contribution in [0.3, 0.4) is 0 Å². The van der Waals surface area contributed by atoms with Gasteiger partial charge in [0.2, 0.25) is 0 Å². The number of rotatable bonds is 5. The highest BCUT2D eigenvalue weighted by Gasteiger charge is 2.48. The second kappa shape index (κ2) is 6.31. The maximum Gasteiger partial charge on any atom is 0.281 e. The number of benzene rings is 1. The Morgan fingerprint density at radius 2 is 1.48 bits per heavy atom. The molecular formula is C15H23NO6S. The number of aliphatic hydroxyl groups is 4. The maximum atomic E-state index is 10.0. The van der Waals surface area contributed by atoms with Gasteiger partial charge in [0.05, 0.1) is 19.8 Å². The molecule has 130 valence electrons. The zero-order valence-electron chi connectivity index (χ0n) is 13.7. The fourth-order valence-corrected chi connectivity index (χ4v) is 2.11. The van der Waals surface area contributed by atoms with Crippen molar-refractivity contribution < 1.29 is 29.9 Å². The van der Waals surface area contributed by atoms with Crippen LogP contribution in [0.4, 0.5) is 0 Å². The molecule has 0 heterocycles. The second-order valence-electron chi connectivity index (χ2n) is 6.23. The van der Waals surface area contributed by atoms with E-state index in [1.165, 1.54) is 26.4 Å². The van der Waals surface area contributed by atoms with Crippen molar-refractivity contribution in [1.29, 1.82) is 0 Å². The van der Waals surface area contributed by atoms with Crippen LogP contribution in [0, 0.1) is 5.41 Å². The van der Waals surface area contributed by atoms with Gasteiger partial charge in [-0.05, 0) is 17.5 Å². The molecule has 1 aromatic carbocycles. The fourth-order valence-electron chi connectivity index (χ4n) is 1.95. The van der Waals surface area contributed by atoms with E-state index < -0.39 is 11.7 Å². The molecule has 0 saturated carbocycles. The minimum Gasteiger partial charge on any atom is -0.496 e. The number of hydrogen-bond acceptors (Lipinski definition) is 8. The Morgan fingerprint density at radius 3 is 1.83 bits per heavy atom. The first kappa shape index (κ1) is 19.8. The first-order chi connectivity index (χ1) is 10.3. The standard InChI is InChI=1S/C15H23NO6S/c1-13(2,3)12(23)8-6-11(22-5)9(7-10(8)21-4)14(17,18)15(16,19)20/h6-7,17-20H,16H2,1-5H3. The van der Waals surface area contributed by atoms with E-state index in [1.54, 1.807) is 0 Å². The van der Waals surface area contributed by atoms with Gasteiger partial charge in [-0.2, -0.15) is 0 Å². The Morgan fingerprint density at radius 1 is 1.00 bits per heavy atom. The Kier molecular flexibility index (Phi) is 5.42. The van der Waals surface area contributed by atoms with E-state index in [9.17, 15) is 20.4 Å². The molecule has 7 nitrogen and oxygen atoms in total. The van der Waals surface area contributed by atoms with Gasteiger partial charge in [0.25, 0.3) is 11.7 Å². The van der Waals surface area contributed by atoms with Crippen LogP contribution < -0.4 is 15.2 Å². The van der Waals surface area contributed by atoms with E-state index in [-0.39, 0.29) is 22.5 Å². The lowest BCUT2D eigenvalue weighted by atomic mass is 9.86. The van der Waals surface area contributed by atoms with E-state index in [0.717, 1.165) is 0 Å². The van der Waals surface area contributed by atoms with E-state index in [1.807, 2.05) is 20.8 Å². The molecule has 6 N–H and O–H groups in total. The summed E-state index contributed by atoms with van der Waals surface area (Å²) in [6.45, 7) is 5.76. The lowest BCUT2D eigenvalue weighted by molar-refractivity contribution is -0.363. The monoisotopic (exact) mass is 345 g/mol. The average Bonchev–Trinajstić information content (AvgIpc) is 2.42. The summed E-state index contributed by atoms with van der Waals surface area (Å²) in [7, 11) is 2.67. The Balaban J connectivity index is 3.65. The van der Waals surface area contributed by atoms with Gasteiger partial charge in [0, 0.05) is 10.4 Å². The molecule has 0 aliphatic rings. The number of methoxy groups -OCH3 is 2. The summed E-state index contributed by atoms with van der Waals surface area (Å²) in [4.78, 5) is 0.563. The summed E-state index contributed by atoms with van der Waals surface area (Å²) >= 11 is 5.45. The highest BCUT2D eigenvalue weighted by molar-refractivity contribution is 7.81. The first-order valence-electron chi connectivity index (χ1n) is 6.77. The topological polar surface area (TPSA) is 125 Å². The summed E-state index contributed by atoms with van der Waals surface area (Å²) in [5, 5.41) is 38.8. The van der Waals surface area contributed by atoms with Crippen molar-refractivity contribution in [2.45, 2.75) is 32.5 Å². The van der Waals surface area contributed by atoms with Crippen molar-refractivity contribution in [2.75, 3.05) is 14.2 Å². The number of thiocarbonyl (C=S) groups is 1. The van der Waals surface area contributed by atoms with Gasteiger partial charge in [0.15, 0.2) is 0 Å². The van der Waals surface area contributed by atoms with Gasteiger partial charge in [-0.25, -0.2) is 0 Å². The minimum absolute atomic E-state index is 0.0321. The van der Waals surface area contributed by atoms with Crippen LogP contribution in [0.25, 0.3) is 0 Å². The summed E-state index contributed by atoms with van der Waals surface area (Å²) in [6.07, 6.45) is 0. The van der Waals surface area contributed by atoms with Crippen LogP contribution in [0.5, 0.6) is 11.5 Å². The quantitative estimate of drug-likeness (QED) is 0.291. The molecule has 0 aromatic heterocycles. The number of ether oxygens (including phenoxy) is 2. The molecule has 0 saturated heterocycles. The molecule has 1 rings (SSSR count). The highest BCUT2D eigenvalue weighted by Crippen LogP contribution is 2.39. The van der Waals surface area contributed by atoms with E-state index in [4.69, 9.17) is 27.4 Å². The van der Waals surface area contributed by atoms with Crippen molar-refractivity contribution in [3.05, 3.63) is 23.3 Å². The zero-order valence-corrected chi connectivity index (χ0v) is 14.6. The van der Waals surface area contributed by atoms with Gasteiger partial charge in [-0.15, -0.1) is 0 Å². The van der Waals surface area contributed by atoms with Crippen molar-refractivity contribution in [2.24, 2.45) is 11.1 Å². The van der Waals surface area contributed by atoms with Crippen LogP contribution >= 0.6 is 12.2 Å². The molecule has 0 bridgehead atoms. The zero-order chi connectivity index (χ0) is 18.2. The van der Waals surface area contributed by atoms with Gasteiger partial charge in [-0.1, -0.05) is 33.0 Å². The van der Waals surface area contributed by atoms with Crippen LogP contribution in [-0.2, 0) is 5.79 Å². The molecule has 8 heteroatoms. The second-order valence-corrected chi connectivity index (χ2v) is 6.64. The molecule has 0 fully saturated rings. The van der Waals surface area contributed by atoms with Crippen LogP contribution in [-0.4, -0.2) is 45.4 Å². The van der Waals surface area contributed by atoms with E-state index in [2.05, 4.69) is 0 Å². The molecule has 23 heavy (non-hydrogen) atoms. The van der Waals surface area contributed by atoms with Crippen molar-refractivity contribution in [1.82, 2.24) is 0 Å². The summed E-state index contributed by atoms with van der Waals surface area (Å²) in [6, 6.07) is 2.63. The summed E-state index contributed by atoms with van der Waals surface area (Å²) in [5.41, 5.74) is 4.81. The first-order valence-corrected chi connectivity index (χ1v) is 7.17. The Bertz CT molecular complexity index is 601. The van der Waals surface area contributed by atoms with Gasteiger partial charge in [-0.3, -0.25) is 5.73 Å². The SMILES string of the molecule is COc1cc(C(O)(O)C(N)(O)O)c(OC)cc1C(=S)C(C)(C)C. The van der Waals surface area contributed by atoms with Gasteiger partial charge < -0.3 is 29.9 Å². The average molecular weight is 345 g/mol. The Labute approximate surface area is 140 Å². The third kappa shape index (κ3) is 3.79. The number of nitrogens with two attached hydrogens (primary N) is 1. The maximum absolute atomic E-state index is 10.0. The largest absolute Gasteiger partial charge is 0.496 e. The third-order valence-electron chi connectivity index (χ3n) is 3.34. The predicted octanol–water partition coefficient (Wildman–Crippen LogP) is 0.202.